The predicted molar refractivity (Wildman–Crippen MR) is 34.3 cm³/mol. The standard InChI is InChI=1S/C5H8N3O2/c1-8-2-3(9)4(6)7-5(8)10/h2-3,9H,1H3,(H2,6,7,10). The first kappa shape index (κ1) is 7.01. The Balaban J connectivity index is 2.63. The van der Waals surface area contributed by atoms with E-state index in [1.807, 2.05) is 0 Å². The highest BCUT2D eigenvalue weighted by atomic mass is 16.3. The van der Waals surface area contributed by atoms with Gasteiger partial charge in [-0.3, -0.25) is 10.7 Å². The molecular weight excluding hydrogens is 134 g/mol. The van der Waals surface area contributed by atoms with Crippen LogP contribution in [0.25, 0.3) is 0 Å². The van der Waals surface area contributed by atoms with Crippen LogP contribution in [-0.4, -0.2) is 35.0 Å². The van der Waals surface area contributed by atoms with E-state index in [-0.39, 0.29) is 5.84 Å². The van der Waals surface area contributed by atoms with E-state index in [1.54, 1.807) is 0 Å². The number of carbonyl (C=O) groups excluding carboxylic acids is 1. The van der Waals surface area contributed by atoms with Gasteiger partial charge in [0.05, 0.1) is 6.54 Å². The molecule has 1 unspecified atom stereocenters. The largest absolute Gasteiger partial charge is 0.383 e. The number of hydrogen-bond donors (Lipinski definition) is 3. The van der Waals surface area contributed by atoms with Crippen molar-refractivity contribution in [1.29, 1.82) is 5.41 Å². The lowest BCUT2D eigenvalue weighted by molar-refractivity contribution is 0.184. The van der Waals surface area contributed by atoms with E-state index < -0.39 is 12.1 Å². The fourth-order valence-corrected chi connectivity index (χ4v) is 0.631. The molecule has 1 rings (SSSR count). The normalized spacial score (nSPS) is 26.6. The second-order valence-corrected chi connectivity index (χ2v) is 2.05. The molecule has 10 heavy (non-hydrogen) atoms. The van der Waals surface area contributed by atoms with Crippen molar-refractivity contribution in [3.8, 4) is 0 Å². The first-order valence-corrected chi connectivity index (χ1v) is 2.76. The van der Waals surface area contributed by atoms with Crippen molar-refractivity contribution in [2.75, 3.05) is 7.05 Å². The lowest BCUT2D eigenvalue weighted by Crippen LogP contribution is -2.52. The zero-order valence-electron chi connectivity index (χ0n) is 5.46. The van der Waals surface area contributed by atoms with E-state index in [0.717, 1.165) is 0 Å². The van der Waals surface area contributed by atoms with Crippen molar-refractivity contribution >= 4 is 11.9 Å². The third-order valence-electron chi connectivity index (χ3n) is 1.22. The van der Waals surface area contributed by atoms with Gasteiger partial charge in [-0.2, -0.15) is 0 Å². The third kappa shape index (κ3) is 1.08. The van der Waals surface area contributed by atoms with Crippen LogP contribution in [0.3, 0.4) is 0 Å². The van der Waals surface area contributed by atoms with Crippen molar-refractivity contribution in [3.63, 3.8) is 0 Å². The molecule has 1 radical (unpaired) electrons. The van der Waals surface area contributed by atoms with Crippen LogP contribution in [0.4, 0.5) is 4.79 Å². The van der Waals surface area contributed by atoms with Gasteiger partial charge in [0, 0.05) is 7.05 Å². The Labute approximate surface area is 58.1 Å². The molecule has 0 saturated carbocycles. The molecule has 3 N–H and O–H groups in total. The molecular formula is C5H8N3O2. The van der Waals surface area contributed by atoms with Gasteiger partial charge in [0.25, 0.3) is 0 Å². The molecule has 5 heteroatoms. The van der Waals surface area contributed by atoms with Crippen LogP contribution in [0.5, 0.6) is 0 Å². The minimum absolute atomic E-state index is 0.178. The van der Waals surface area contributed by atoms with E-state index in [4.69, 9.17) is 10.5 Å². The second kappa shape index (κ2) is 2.26. The number of rotatable bonds is 0. The van der Waals surface area contributed by atoms with Gasteiger partial charge in [0.1, 0.15) is 11.9 Å². The van der Waals surface area contributed by atoms with E-state index in [9.17, 15) is 4.79 Å². The van der Waals surface area contributed by atoms with E-state index in [0.29, 0.717) is 0 Å². The van der Waals surface area contributed by atoms with Crippen LogP contribution >= 0.6 is 0 Å². The summed E-state index contributed by atoms with van der Waals surface area (Å²) in [6.07, 6.45) is -0.984. The molecule has 55 valence electrons. The summed E-state index contributed by atoms with van der Waals surface area (Å²) in [6.45, 7) is 1.27. The van der Waals surface area contributed by atoms with Crippen molar-refractivity contribution < 1.29 is 9.90 Å². The van der Waals surface area contributed by atoms with Gasteiger partial charge in [-0.05, 0) is 0 Å². The molecule has 1 aliphatic heterocycles. The van der Waals surface area contributed by atoms with Gasteiger partial charge in [-0.1, -0.05) is 0 Å². The SMILES string of the molecule is CN1[CH]C(O)C(=N)NC1=O. The van der Waals surface area contributed by atoms with Crippen molar-refractivity contribution in [1.82, 2.24) is 10.2 Å². The molecule has 0 aromatic heterocycles. The quantitative estimate of drug-likeness (QED) is 0.411. The predicted octanol–water partition coefficient (Wildman–Crippen LogP) is -0.859. The number of aliphatic hydroxyl groups excluding tert-OH is 1. The highest BCUT2D eigenvalue weighted by Gasteiger charge is 2.25. The summed E-state index contributed by atoms with van der Waals surface area (Å²) in [5, 5.41) is 18.1. The molecule has 1 fully saturated rings. The Morgan fingerprint density at radius 1 is 1.90 bits per heavy atom. The Hall–Kier alpha value is -1.10. The number of carbonyl (C=O) groups is 1. The third-order valence-corrected chi connectivity index (χ3v) is 1.22. The molecule has 0 aromatic carbocycles. The first-order chi connectivity index (χ1) is 4.61. The van der Waals surface area contributed by atoms with Crippen LogP contribution in [0.1, 0.15) is 0 Å². The average Bonchev–Trinajstić information content (AvgIpc) is 1.84. The summed E-state index contributed by atoms with van der Waals surface area (Å²) in [4.78, 5) is 11.9. The van der Waals surface area contributed by atoms with Crippen molar-refractivity contribution in [2.24, 2.45) is 0 Å². The van der Waals surface area contributed by atoms with E-state index in [2.05, 4.69) is 5.32 Å². The Bertz CT molecular complexity index is 162. The zero-order chi connectivity index (χ0) is 7.72. The number of urea groups is 1. The van der Waals surface area contributed by atoms with E-state index >= 15 is 0 Å². The molecule has 1 heterocycles. The number of likely N-dealkylation sites (N-methyl/N-ethyl adjacent to an activating group) is 1. The lowest BCUT2D eigenvalue weighted by atomic mass is 10.2. The highest BCUT2D eigenvalue weighted by Crippen LogP contribution is 2.02. The van der Waals surface area contributed by atoms with Crippen LogP contribution < -0.4 is 5.32 Å². The van der Waals surface area contributed by atoms with Gasteiger partial charge in [0.2, 0.25) is 0 Å². The zero-order valence-corrected chi connectivity index (χ0v) is 5.46. The molecule has 0 spiro atoms. The molecule has 5 nitrogen and oxygen atoms in total. The fourth-order valence-electron chi connectivity index (χ4n) is 0.631. The Morgan fingerprint density at radius 3 is 3.00 bits per heavy atom. The topological polar surface area (TPSA) is 76.4 Å². The van der Waals surface area contributed by atoms with Crippen molar-refractivity contribution in [3.05, 3.63) is 6.54 Å². The monoisotopic (exact) mass is 142 g/mol. The summed E-state index contributed by atoms with van der Waals surface area (Å²) < 4.78 is 0. The van der Waals surface area contributed by atoms with Crippen LogP contribution in [0.15, 0.2) is 0 Å². The van der Waals surface area contributed by atoms with E-state index in [1.165, 1.54) is 18.5 Å². The van der Waals surface area contributed by atoms with Gasteiger partial charge >= 0.3 is 6.03 Å². The van der Waals surface area contributed by atoms with Crippen molar-refractivity contribution in [2.45, 2.75) is 6.10 Å². The van der Waals surface area contributed by atoms with Gasteiger partial charge < -0.3 is 10.0 Å². The van der Waals surface area contributed by atoms with Crippen LogP contribution in [0.2, 0.25) is 0 Å². The minimum Gasteiger partial charge on any atom is -0.383 e. The number of nitrogens with zero attached hydrogens (tertiary/aromatic N) is 1. The smallest absolute Gasteiger partial charge is 0.322 e. The molecule has 0 aliphatic carbocycles. The number of amides is 2. The highest BCUT2D eigenvalue weighted by molar-refractivity contribution is 6.01. The maximum atomic E-state index is 10.7. The fraction of sp³-hybridized carbons (Fsp3) is 0.400. The minimum atomic E-state index is -0.984. The maximum absolute atomic E-state index is 10.7. The first-order valence-electron chi connectivity index (χ1n) is 2.76. The molecule has 1 saturated heterocycles. The summed E-state index contributed by atoms with van der Waals surface area (Å²) >= 11 is 0. The Kier molecular flexibility index (Phi) is 1.58. The van der Waals surface area contributed by atoms with Gasteiger partial charge in [-0.15, -0.1) is 0 Å². The molecule has 0 bridgehead atoms. The lowest BCUT2D eigenvalue weighted by Gasteiger charge is -2.26. The molecule has 1 atom stereocenters. The number of hydrogen-bond acceptors (Lipinski definition) is 3. The van der Waals surface area contributed by atoms with Crippen LogP contribution in [-0.2, 0) is 0 Å². The summed E-state index contributed by atoms with van der Waals surface area (Å²) in [5.41, 5.74) is 0. The van der Waals surface area contributed by atoms with Gasteiger partial charge in [0.15, 0.2) is 0 Å². The summed E-state index contributed by atoms with van der Waals surface area (Å²) in [7, 11) is 1.50. The maximum Gasteiger partial charge on any atom is 0.322 e. The van der Waals surface area contributed by atoms with Crippen LogP contribution in [0, 0.1) is 12.0 Å². The van der Waals surface area contributed by atoms with Gasteiger partial charge in [-0.25, -0.2) is 4.79 Å². The number of nitrogens with one attached hydrogen (secondary N) is 2. The average molecular weight is 142 g/mol. The molecule has 1 aliphatic rings. The summed E-state index contributed by atoms with van der Waals surface area (Å²) in [6, 6.07) is -0.393. The number of amidine groups is 1. The molecule has 0 aromatic rings. The number of aliphatic hydroxyl groups is 1. The molecule has 2 amide bonds. The second-order valence-electron chi connectivity index (χ2n) is 2.05. The summed E-state index contributed by atoms with van der Waals surface area (Å²) in [5.74, 6) is -0.178. The Morgan fingerprint density at radius 2 is 2.50 bits per heavy atom.